The van der Waals surface area contributed by atoms with Gasteiger partial charge in [0, 0.05) is 70.9 Å². The molecule has 0 unspecified atom stereocenters. The first-order chi connectivity index (χ1) is 18.8. The molecular formula is C29H49N5O5. The molecule has 0 saturated carbocycles. The molecule has 2 N–H and O–H groups in total. The van der Waals surface area contributed by atoms with Gasteiger partial charge < -0.3 is 34.8 Å². The summed E-state index contributed by atoms with van der Waals surface area (Å²) in [7, 11) is 0. The maximum atomic E-state index is 13.5. The van der Waals surface area contributed by atoms with Crippen molar-refractivity contribution in [2.75, 3.05) is 65.6 Å². The summed E-state index contributed by atoms with van der Waals surface area (Å²) in [5.74, 6) is 0.592. The van der Waals surface area contributed by atoms with Crippen molar-refractivity contribution in [2.24, 2.45) is 11.8 Å². The maximum absolute atomic E-state index is 13.5. The Morgan fingerprint density at radius 3 is 2.41 bits per heavy atom. The second-order valence-corrected chi connectivity index (χ2v) is 12.8. The summed E-state index contributed by atoms with van der Waals surface area (Å²) in [6.07, 6.45) is 5.48. The van der Waals surface area contributed by atoms with Crippen LogP contribution in [0.2, 0.25) is 0 Å². The third-order valence-electron chi connectivity index (χ3n) is 9.99. The Bertz CT molecular complexity index is 870. The number of nitrogens with one attached hydrogen (secondary N) is 2. The Morgan fingerprint density at radius 1 is 0.897 bits per heavy atom. The molecule has 3 amide bonds. The predicted octanol–water partition coefficient (Wildman–Crippen LogP) is 0.990. The van der Waals surface area contributed by atoms with Crippen molar-refractivity contribution in [1.29, 1.82) is 0 Å². The minimum Gasteiger partial charge on any atom is -0.381 e. The van der Waals surface area contributed by atoms with Crippen molar-refractivity contribution >= 4 is 17.7 Å². The molecule has 5 aliphatic heterocycles. The molecule has 1 spiro atoms. The number of likely N-dealkylation sites (tertiary alicyclic amines) is 2. The number of fused-ring (bicyclic) bond motifs is 3. The molecule has 3 atom stereocenters. The van der Waals surface area contributed by atoms with E-state index in [4.69, 9.17) is 9.47 Å². The molecule has 5 aliphatic rings. The molecule has 39 heavy (non-hydrogen) atoms. The molecule has 0 radical (unpaired) electrons. The SMILES string of the molecule is CC(C)N1CC[C@H]2CC(=O)N3CCO[C@@H](C3)C(=O)NC3(CCN(C4CCOCC4)CC3)CC(=O)NCC[C@H]2C1. The van der Waals surface area contributed by atoms with Crippen LogP contribution >= 0.6 is 0 Å². The minimum atomic E-state index is -0.695. The average Bonchev–Trinajstić information content (AvgIpc) is 2.94. The lowest BCUT2D eigenvalue weighted by Gasteiger charge is -2.46. The molecule has 0 aromatic heterocycles. The van der Waals surface area contributed by atoms with Crippen molar-refractivity contribution in [2.45, 2.75) is 88.9 Å². The standard InChI is InChI=1S/C29H49N5O5/c1-21(2)33-10-4-22-17-27(36)34-13-16-39-25(20-34)28(37)31-29(18-26(35)30-9-3-23(22)19-33)7-11-32(12-8-29)24-5-14-38-15-6-24/h21-25H,3-20H2,1-2H3,(H,30,35)(H,31,37)/t22-,23-,25-/m0/s1. The Balaban J connectivity index is 1.31. The number of ether oxygens (including phenoxy) is 2. The van der Waals surface area contributed by atoms with Crippen LogP contribution in [0.3, 0.4) is 0 Å². The molecule has 0 aromatic rings. The highest BCUT2D eigenvalue weighted by molar-refractivity contribution is 5.85. The summed E-state index contributed by atoms with van der Waals surface area (Å²) in [4.78, 5) is 47.1. The average molecular weight is 548 g/mol. The summed E-state index contributed by atoms with van der Waals surface area (Å²) in [6, 6.07) is 0.981. The number of amides is 3. The predicted molar refractivity (Wildman–Crippen MR) is 147 cm³/mol. The fourth-order valence-corrected chi connectivity index (χ4v) is 7.38. The van der Waals surface area contributed by atoms with Gasteiger partial charge >= 0.3 is 0 Å². The van der Waals surface area contributed by atoms with Crippen molar-refractivity contribution < 1.29 is 23.9 Å². The van der Waals surface area contributed by atoms with Gasteiger partial charge in [-0.25, -0.2) is 0 Å². The summed E-state index contributed by atoms with van der Waals surface area (Å²) in [6.45, 7) is 11.5. The zero-order chi connectivity index (χ0) is 27.4. The molecular weight excluding hydrogens is 498 g/mol. The van der Waals surface area contributed by atoms with Crippen molar-refractivity contribution in [1.82, 2.24) is 25.3 Å². The van der Waals surface area contributed by atoms with Gasteiger partial charge in [-0.2, -0.15) is 0 Å². The third-order valence-corrected chi connectivity index (χ3v) is 9.99. The van der Waals surface area contributed by atoms with Crippen molar-refractivity contribution in [3.63, 3.8) is 0 Å². The number of carbonyl (C=O) groups is 3. The molecule has 10 nitrogen and oxygen atoms in total. The first-order valence-electron chi connectivity index (χ1n) is 15.4. The van der Waals surface area contributed by atoms with E-state index in [2.05, 4.69) is 34.3 Å². The van der Waals surface area contributed by atoms with E-state index in [1.54, 1.807) is 0 Å². The van der Waals surface area contributed by atoms with Gasteiger partial charge in [0.15, 0.2) is 6.10 Å². The van der Waals surface area contributed by atoms with Crippen LogP contribution in [0, 0.1) is 11.8 Å². The smallest absolute Gasteiger partial charge is 0.251 e. The van der Waals surface area contributed by atoms with Gasteiger partial charge in [0.25, 0.3) is 5.91 Å². The van der Waals surface area contributed by atoms with Gasteiger partial charge in [0.05, 0.1) is 18.7 Å². The molecule has 5 heterocycles. The first kappa shape index (κ1) is 28.8. The summed E-state index contributed by atoms with van der Waals surface area (Å²) in [5, 5.41) is 6.46. The van der Waals surface area contributed by atoms with Gasteiger partial charge in [-0.3, -0.25) is 14.4 Å². The molecule has 5 saturated heterocycles. The van der Waals surface area contributed by atoms with Gasteiger partial charge in [-0.1, -0.05) is 0 Å². The van der Waals surface area contributed by atoms with E-state index in [1.807, 2.05) is 4.90 Å². The molecule has 10 heteroatoms. The van der Waals surface area contributed by atoms with E-state index < -0.39 is 11.6 Å². The lowest BCUT2D eigenvalue weighted by molar-refractivity contribution is -0.149. The number of nitrogens with zero attached hydrogens (tertiary/aromatic N) is 3. The zero-order valence-electron chi connectivity index (χ0n) is 24.0. The highest BCUT2D eigenvalue weighted by atomic mass is 16.5. The van der Waals surface area contributed by atoms with Crippen molar-refractivity contribution in [3.8, 4) is 0 Å². The minimum absolute atomic E-state index is 0.0000268. The van der Waals surface area contributed by atoms with Crippen LogP contribution in [-0.4, -0.2) is 122 Å². The van der Waals surface area contributed by atoms with Gasteiger partial charge in [-0.15, -0.1) is 0 Å². The van der Waals surface area contributed by atoms with E-state index in [0.29, 0.717) is 50.0 Å². The summed E-state index contributed by atoms with van der Waals surface area (Å²) >= 11 is 0. The normalized spacial score (nSPS) is 32.7. The fourth-order valence-electron chi connectivity index (χ4n) is 7.38. The third kappa shape index (κ3) is 7.13. The van der Waals surface area contributed by atoms with Gasteiger partial charge in [-0.05, 0) is 70.8 Å². The van der Waals surface area contributed by atoms with E-state index in [-0.39, 0.29) is 30.7 Å². The quantitative estimate of drug-likeness (QED) is 0.532. The van der Waals surface area contributed by atoms with E-state index in [9.17, 15) is 14.4 Å². The van der Waals surface area contributed by atoms with Crippen LogP contribution in [0.4, 0.5) is 0 Å². The lowest BCUT2D eigenvalue weighted by Crippen LogP contribution is -2.62. The van der Waals surface area contributed by atoms with E-state index >= 15 is 0 Å². The number of morpholine rings is 1. The Hall–Kier alpha value is -1.75. The fraction of sp³-hybridized carbons (Fsp3) is 0.897. The highest BCUT2D eigenvalue weighted by Crippen LogP contribution is 2.32. The molecule has 2 bridgehead atoms. The topological polar surface area (TPSA) is 103 Å². The summed E-state index contributed by atoms with van der Waals surface area (Å²) < 4.78 is 11.4. The lowest BCUT2D eigenvalue weighted by atomic mass is 9.80. The van der Waals surface area contributed by atoms with Crippen LogP contribution in [0.15, 0.2) is 0 Å². The Labute approximate surface area is 233 Å². The molecule has 220 valence electrons. The number of rotatable bonds is 2. The molecule has 5 rings (SSSR count). The molecule has 0 aliphatic carbocycles. The number of carbonyl (C=O) groups excluding carboxylic acids is 3. The second-order valence-electron chi connectivity index (χ2n) is 12.8. The Kier molecular flexibility index (Phi) is 9.46. The Morgan fingerprint density at radius 2 is 1.67 bits per heavy atom. The first-order valence-corrected chi connectivity index (χ1v) is 15.4. The van der Waals surface area contributed by atoms with Crippen LogP contribution in [-0.2, 0) is 23.9 Å². The van der Waals surface area contributed by atoms with Crippen LogP contribution < -0.4 is 10.6 Å². The van der Waals surface area contributed by atoms with Gasteiger partial charge in [0.1, 0.15) is 0 Å². The monoisotopic (exact) mass is 547 g/mol. The van der Waals surface area contributed by atoms with E-state index in [1.165, 1.54) is 0 Å². The maximum Gasteiger partial charge on any atom is 0.251 e. The molecule has 0 aromatic carbocycles. The van der Waals surface area contributed by atoms with E-state index in [0.717, 1.165) is 77.9 Å². The van der Waals surface area contributed by atoms with Crippen LogP contribution in [0.25, 0.3) is 0 Å². The summed E-state index contributed by atoms with van der Waals surface area (Å²) in [5.41, 5.74) is -0.597. The number of hydrogen-bond donors (Lipinski definition) is 2. The number of piperidine rings is 2. The van der Waals surface area contributed by atoms with Crippen molar-refractivity contribution in [3.05, 3.63) is 0 Å². The largest absolute Gasteiger partial charge is 0.381 e. The van der Waals surface area contributed by atoms with Crippen LogP contribution in [0.5, 0.6) is 0 Å². The zero-order valence-corrected chi connectivity index (χ0v) is 24.0. The van der Waals surface area contributed by atoms with Gasteiger partial charge in [0.2, 0.25) is 11.8 Å². The second kappa shape index (κ2) is 12.8. The highest BCUT2D eigenvalue weighted by Gasteiger charge is 2.42. The van der Waals surface area contributed by atoms with Crippen LogP contribution in [0.1, 0.15) is 65.2 Å². The molecule has 5 fully saturated rings. The number of hydrogen-bond acceptors (Lipinski definition) is 7.